The smallest absolute Gasteiger partial charge is 0.238 e. The van der Waals surface area contributed by atoms with E-state index in [4.69, 9.17) is 4.74 Å². The summed E-state index contributed by atoms with van der Waals surface area (Å²) < 4.78 is 62.7. The summed E-state index contributed by atoms with van der Waals surface area (Å²) in [4.78, 5) is 0. The van der Waals surface area contributed by atoms with Crippen LogP contribution in [0.5, 0.6) is 5.75 Å². The second kappa shape index (κ2) is 7.29. The van der Waals surface area contributed by atoms with E-state index in [0.717, 1.165) is 9.64 Å². The van der Waals surface area contributed by atoms with E-state index in [2.05, 4.69) is 4.72 Å². The minimum Gasteiger partial charge on any atom is -0.487 e. The number of ether oxygens (including phenoxy) is 1. The fourth-order valence-corrected chi connectivity index (χ4v) is 5.47. The molecule has 1 aliphatic heterocycles. The quantitative estimate of drug-likeness (QED) is 0.462. The number of benzene rings is 2. The second-order valence-electron chi connectivity index (χ2n) is 7.13. The van der Waals surface area contributed by atoms with Crippen LogP contribution in [-0.4, -0.2) is 19.8 Å². The predicted octanol–water partition coefficient (Wildman–Crippen LogP) is 4.77. The Balaban J connectivity index is 1.80. The van der Waals surface area contributed by atoms with Gasteiger partial charge in [-0.3, -0.25) is 4.72 Å². The van der Waals surface area contributed by atoms with Gasteiger partial charge in [0.25, 0.3) is 0 Å². The van der Waals surface area contributed by atoms with Gasteiger partial charge in [0, 0.05) is 16.1 Å². The average Bonchev–Trinajstić information content (AvgIpc) is 3.41. The minimum absolute atomic E-state index is 0.0393. The summed E-state index contributed by atoms with van der Waals surface area (Å²) >= 11 is 2.01. The zero-order valence-electron chi connectivity index (χ0n) is 14.8. The summed E-state index contributed by atoms with van der Waals surface area (Å²) in [6.45, 7) is 0.200. The van der Waals surface area contributed by atoms with E-state index in [0.29, 0.717) is 30.4 Å². The molecule has 8 heteroatoms. The molecule has 1 N–H and O–H groups in total. The minimum atomic E-state index is -3.71. The first-order valence-corrected chi connectivity index (χ1v) is 11.4. The van der Waals surface area contributed by atoms with Gasteiger partial charge in [-0.1, -0.05) is 18.2 Å². The molecule has 0 bridgehead atoms. The second-order valence-corrected chi connectivity index (χ2v) is 10.4. The number of hydrogen-bond acceptors (Lipinski definition) is 3. The molecule has 0 radical (unpaired) electrons. The van der Waals surface area contributed by atoms with Crippen LogP contribution in [0.1, 0.15) is 30.4 Å². The molecule has 0 aromatic heterocycles. The lowest BCUT2D eigenvalue weighted by molar-refractivity contribution is 0.361. The van der Waals surface area contributed by atoms with E-state index >= 15 is 0 Å². The van der Waals surface area contributed by atoms with E-state index < -0.39 is 26.4 Å². The molecule has 1 spiro atoms. The molecule has 0 saturated heterocycles. The van der Waals surface area contributed by atoms with Crippen molar-refractivity contribution in [2.24, 2.45) is 0 Å². The van der Waals surface area contributed by atoms with Crippen molar-refractivity contribution in [3.05, 3.63) is 68.8 Å². The van der Waals surface area contributed by atoms with Gasteiger partial charge in [-0.25, -0.2) is 17.2 Å². The Morgan fingerprint density at radius 3 is 2.61 bits per heavy atom. The van der Waals surface area contributed by atoms with Gasteiger partial charge in [0.05, 0.1) is 10.4 Å². The molecular formula is C20H18F2INO3S. The third-order valence-corrected chi connectivity index (χ3v) is 8.01. The number of sulfonamides is 1. The SMILES string of the molecule is O=S1(=O)Nc2c(Cc3ccc(I)cc3F)cc(F)cc2OC/C=C/CC12CC2. The van der Waals surface area contributed by atoms with Crippen LogP contribution in [0.2, 0.25) is 0 Å². The number of anilines is 1. The predicted molar refractivity (Wildman–Crippen MR) is 112 cm³/mol. The molecule has 4 nitrogen and oxygen atoms in total. The lowest BCUT2D eigenvalue weighted by Gasteiger charge is -2.22. The lowest BCUT2D eigenvalue weighted by atomic mass is 10.0. The van der Waals surface area contributed by atoms with Crippen molar-refractivity contribution < 1.29 is 21.9 Å². The first-order valence-electron chi connectivity index (χ1n) is 8.86. The fraction of sp³-hybridized carbons (Fsp3) is 0.300. The zero-order chi connectivity index (χ0) is 19.9. The van der Waals surface area contributed by atoms with Crippen molar-refractivity contribution in [3.63, 3.8) is 0 Å². The largest absolute Gasteiger partial charge is 0.487 e. The van der Waals surface area contributed by atoms with Gasteiger partial charge in [-0.15, -0.1) is 0 Å². The Bertz CT molecular complexity index is 1070. The molecule has 1 fully saturated rings. The molecule has 2 aromatic carbocycles. The highest BCUT2D eigenvalue weighted by Crippen LogP contribution is 2.48. The molecule has 0 unspecified atom stereocenters. The van der Waals surface area contributed by atoms with E-state index in [-0.39, 0.29) is 24.5 Å². The maximum atomic E-state index is 14.3. The van der Waals surface area contributed by atoms with Crippen molar-refractivity contribution >= 4 is 38.3 Å². The first-order chi connectivity index (χ1) is 13.3. The van der Waals surface area contributed by atoms with Gasteiger partial charge in [0.15, 0.2) is 0 Å². The molecule has 4 rings (SSSR count). The van der Waals surface area contributed by atoms with Gasteiger partial charge in [0.1, 0.15) is 24.0 Å². The van der Waals surface area contributed by atoms with Gasteiger partial charge in [-0.05, 0) is 71.2 Å². The van der Waals surface area contributed by atoms with Gasteiger partial charge in [-0.2, -0.15) is 0 Å². The number of nitrogens with one attached hydrogen (secondary N) is 1. The van der Waals surface area contributed by atoms with Crippen molar-refractivity contribution in [2.45, 2.75) is 30.4 Å². The van der Waals surface area contributed by atoms with E-state index in [1.54, 1.807) is 24.3 Å². The Hall–Kier alpha value is -1.68. The third kappa shape index (κ3) is 3.76. The summed E-state index contributed by atoms with van der Waals surface area (Å²) in [7, 11) is -3.71. The summed E-state index contributed by atoms with van der Waals surface area (Å²) in [5.41, 5.74) is 0.866. The van der Waals surface area contributed by atoms with Crippen LogP contribution >= 0.6 is 22.6 Å². The van der Waals surface area contributed by atoms with E-state index in [1.807, 2.05) is 22.6 Å². The normalized spacial score (nSPS) is 20.5. The number of fused-ring (bicyclic) bond motifs is 1. The van der Waals surface area contributed by atoms with Crippen LogP contribution in [0.15, 0.2) is 42.5 Å². The highest BCUT2D eigenvalue weighted by molar-refractivity contribution is 14.1. The van der Waals surface area contributed by atoms with Crippen LogP contribution in [0.25, 0.3) is 0 Å². The monoisotopic (exact) mass is 517 g/mol. The maximum absolute atomic E-state index is 14.3. The molecule has 0 atom stereocenters. The molecule has 1 heterocycles. The third-order valence-electron chi connectivity index (χ3n) is 5.15. The van der Waals surface area contributed by atoms with Gasteiger partial charge < -0.3 is 4.74 Å². The summed E-state index contributed by atoms with van der Waals surface area (Å²) in [6, 6.07) is 7.14. The van der Waals surface area contributed by atoms with Crippen molar-refractivity contribution in [1.82, 2.24) is 0 Å². The Labute approximate surface area is 176 Å². The molecule has 148 valence electrons. The van der Waals surface area contributed by atoms with Gasteiger partial charge >= 0.3 is 0 Å². The Morgan fingerprint density at radius 2 is 1.89 bits per heavy atom. The highest BCUT2D eigenvalue weighted by atomic mass is 127. The number of allylic oxidation sites excluding steroid dienone is 1. The molecule has 1 saturated carbocycles. The number of halogens is 3. The fourth-order valence-electron chi connectivity index (χ4n) is 3.34. The summed E-state index contributed by atoms with van der Waals surface area (Å²) in [5.74, 6) is -0.886. The Kier molecular flexibility index (Phi) is 5.11. The van der Waals surface area contributed by atoms with E-state index in [1.165, 1.54) is 12.1 Å². The topological polar surface area (TPSA) is 55.4 Å². The molecular weight excluding hydrogens is 499 g/mol. The molecule has 28 heavy (non-hydrogen) atoms. The van der Waals surface area contributed by atoms with Crippen molar-refractivity contribution in [1.29, 1.82) is 0 Å². The zero-order valence-corrected chi connectivity index (χ0v) is 17.8. The summed E-state index contributed by atoms with van der Waals surface area (Å²) in [6.07, 6.45) is 5.13. The maximum Gasteiger partial charge on any atom is 0.238 e. The van der Waals surface area contributed by atoms with Gasteiger partial charge in [0.2, 0.25) is 10.0 Å². The molecule has 1 aliphatic carbocycles. The molecule has 0 amide bonds. The Morgan fingerprint density at radius 1 is 1.11 bits per heavy atom. The summed E-state index contributed by atoms with van der Waals surface area (Å²) in [5, 5.41) is 0. The average molecular weight is 517 g/mol. The lowest BCUT2D eigenvalue weighted by Crippen LogP contribution is -2.30. The van der Waals surface area contributed by atoms with Crippen LogP contribution in [0.4, 0.5) is 14.5 Å². The van der Waals surface area contributed by atoms with Crippen LogP contribution in [-0.2, 0) is 16.4 Å². The molecule has 2 aromatic rings. The van der Waals surface area contributed by atoms with Crippen molar-refractivity contribution in [2.75, 3.05) is 11.3 Å². The highest BCUT2D eigenvalue weighted by Gasteiger charge is 2.54. The first kappa shape index (κ1) is 19.6. The molecule has 2 aliphatic rings. The van der Waals surface area contributed by atoms with Crippen LogP contribution in [0, 0.1) is 15.2 Å². The standard InChI is InChI=1S/C20H18F2INO3S/c21-15-10-14(9-13-3-4-16(23)12-17(13)22)19-18(11-15)27-8-2-1-5-20(6-7-20)28(25,26)24-19/h1-4,10-12,24H,5-9H2/b2-1+. The van der Waals surface area contributed by atoms with E-state index in [9.17, 15) is 17.2 Å². The van der Waals surface area contributed by atoms with Crippen LogP contribution in [0.3, 0.4) is 0 Å². The number of hydrogen-bond donors (Lipinski definition) is 1. The van der Waals surface area contributed by atoms with Crippen molar-refractivity contribution in [3.8, 4) is 5.75 Å². The van der Waals surface area contributed by atoms with Crippen LogP contribution < -0.4 is 9.46 Å². The number of rotatable bonds is 2.